The van der Waals surface area contributed by atoms with E-state index in [9.17, 15) is 4.79 Å². The van der Waals surface area contributed by atoms with E-state index in [-0.39, 0.29) is 17.7 Å². The van der Waals surface area contributed by atoms with E-state index in [2.05, 4.69) is 42.4 Å². The summed E-state index contributed by atoms with van der Waals surface area (Å²) in [6, 6.07) is 15.8. The molecule has 0 amide bonds. The molecule has 0 bridgehead atoms. The van der Waals surface area contributed by atoms with Crippen molar-refractivity contribution in [3.8, 4) is 5.75 Å². The van der Waals surface area contributed by atoms with Gasteiger partial charge < -0.3 is 19.4 Å². The smallest absolute Gasteiger partial charge is 0.253 e. The lowest BCUT2D eigenvalue weighted by Gasteiger charge is -2.39. The second kappa shape index (κ2) is 10.5. The highest BCUT2D eigenvalue weighted by Crippen LogP contribution is 2.30. The molecule has 2 aromatic carbocycles. The van der Waals surface area contributed by atoms with E-state index in [0.717, 1.165) is 73.5 Å². The number of para-hydroxylation sites is 1. The topological polar surface area (TPSA) is 101 Å². The van der Waals surface area contributed by atoms with Crippen LogP contribution in [0.5, 0.6) is 5.75 Å². The molecular formula is C28H33N7O3. The predicted molar refractivity (Wildman–Crippen MR) is 145 cm³/mol. The molecule has 6 rings (SSSR count). The number of benzene rings is 2. The maximum atomic E-state index is 13.6. The van der Waals surface area contributed by atoms with Crippen molar-refractivity contribution in [3.05, 3.63) is 75.8 Å². The molecule has 10 heteroatoms. The molecule has 1 N–H and O–H groups in total. The van der Waals surface area contributed by atoms with Crippen LogP contribution in [0.1, 0.15) is 35.8 Å². The molecule has 0 saturated carbocycles. The lowest BCUT2D eigenvalue weighted by atomic mass is 10.0. The number of piperazine rings is 1. The average Bonchev–Trinajstić information content (AvgIpc) is 3.63. The molecule has 4 aromatic rings. The van der Waals surface area contributed by atoms with Crippen LogP contribution in [0.4, 0.5) is 5.69 Å². The Labute approximate surface area is 221 Å². The largest absolute Gasteiger partial charge is 0.497 e. The molecule has 0 unspecified atom stereocenters. The number of aromatic amines is 1. The number of aryl methyl sites for hydroxylation is 1. The van der Waals surface area contributed by atoms with Crippen LogP contribution < -0.4 is 15.2 Å². The van der Waals surface area contributed by atoms with E-state index in [1.807, 2.05) is 48.0 Å². The zero-order valence-electron chi connectivity index (χ0n) is 21.8. The molecule has 2 aromatic heterocycles. The molecule has 2 atom stereocenters. The molecule has 198 valence electrons. The number of H-pyrrole nitrogens is 1. The molecule has 0 radical (unpaired) electrons. The van der Waals surface area contributed by atoms with Gasteiger partial charge in [0.25, 0.3) is 5.56 Å². The van der Waals surface area contributed by atoms with Gasteiger partial charge in [-0.1, -0.05) is 18.2 Å². The number of ether oxygens (including phenoxy) is 2. The van der Waals surface area contributed by atoms with E-state index in [4.69, 9.17) is 9.47 Å². The van der Waals surface area contributed by atoms with Crippen LogP contribution >= 0.6 is 0 Å². The molecule has 2 aliphatic rings. The van der Waals surface area contributed by atoms with Gasteiger partial charge >= 0.3 is 0 Å². The molecule has 0 aliphatic carbocycles. The first kappa shape index (κ1) is 24.6. The monoisotopic (exact) mass is 515 g/mol. The molecule has 0 spiro atoms. The van der Waals surface area contributed by atoms with Crippen LogP contribution in [0.3, 0.4) is 0 Å². The number of pyridine rings is 1. The lowest BCUT2D eigenvalue weighted by Crippen LogP contribution is -2.49. The first-order chi connectivity index (χ1) is 18.6. The van der Waals surface area contributed by atoms with Crippen LogP contribution in [-0.2, 0) is 11.3 Å². The van der Waals surface area contributed by atoms with Crippen LogP contribution in [0.2, 0.25) is 0 Å². The first-order valence-electron chi connectivity index (χ1n) is 13.2. The third-order valence-corrected chi connectivity index (χ3v) is 7.73. The summed E-state index contributed by atoms with van der Waals surface area (Å²) < 4.78 is 13.0. The summed E-state index contributed by atoms with van der Waals surface area (Å²) in [7, 11) is 1.68. The van der Waals surface area contributed by atoms with Gasteiger partial charge in [-0.2, -0.15) is 0 Å². The van der Waals surface area contributed by atoms with Gasteiger partial charge in [0.1, 0.15) is 11.8 Å². The number of hydrogen-bond donors (Lipinski definition) is 1. The average molecular weight is 516 g/mol. The Morgan fingerprint density at radius 2 is 1.95 bits per heavy atom. The van der Waals surface area contributed by atoms with E-state index < -0.39 is 0 Å². The van der Waals surface area contributed by atoms with E-state index in [0.29, 0.717) is 17.9 Å². The van der Waals surface area contributed by atoms with Crippen LogP contribution in [0.25, 0.3) is 10.9 Å². The predicted octanol–water partition coefficient (Wildman–Crippen LogP) is 2.92. The van der Waals surface area contributed by atoms with Crippen LogP contribution in [0, 0.1) is 6.92 Å². The number of fused-ring (bicyclic) bond motifs is 1. The summed E-state index contributed by atoms with van der Waals surface area (Å²) in [6.07, 6.45) is 2.12. The Kier molecular flexibility index (Phi) is 6.82. The summed E-state index contributed by atoms with van der Waals surface area (Å²) >= 11 is 0. The summed E-state index contributed by atoms with van der Waals surface area (Å²) in [6.45, 7) is 6.51. The highest BCUT2D eigenvalue weighted by atomic mass is 16.5. The van der Waals surface area contributed by atoms with Gasteiger partial charge in [0.2, 0.25) is 0 Å². The third kappa shape index (κ3) is 4.77. The number of tetrazole rings is 1. The van der Waals surface area contributed by atoms with E-state index >= 15 is 0 Å². The van der Waals surface area contributed by atoms with Crippen molar-refractivity contribution in [1.82, 2.24) is 30.1 Å². The summed E-state index contributed by atoms with van der Waals surface area (Å²) in [5, 5.41) is 13.8. The zero-order valence-corrected chi connectivity index (χ0v) is 21.8. The van der Waals surface area contributed by atoms with Gasteiger partial charge in [0.05, 0.1) is 25.3 Å². The maximum Gasteiger partial charge on any atom is 0.253 e. The van der Waals surface area contributed by atoms with E-state index in [1.165, 1.54) is 0 Å². The Balaban J connectivity index is 1.34. The minimum Gasteiger partial charge on any atom is -0.497 e. The molecule has 2 saturated heterocycles. The normalized spacial score (nSPS) is 19.2. The third-order valence-electron chi connectivity index (χ3n) is 7.73. The SMILES string of the molecule is COc1ccc(N2CCN([C@H](c3cc4cccc(C)c4[nH]c3=O)c3nnnn3C[C@@H]3CCCO3)CC2)cc1. The van der Waals surface area contributed by atoms with Gasteiger partial charge in [-0.3, -0.25) is 9.69 Å². The zero-order chi connectivity index (χ0) is 26.1. The van der Waals surface area contributed by atoms with Crippen LogP contribution in [0.15, 0.2) is 53.3 Å². The fourth-order valence-electron chi connectivity index (χ4n) is 5.65. The van der Waals surface area contributed by atoms with Gasteiger partial charge in [-0.05, 0) is 71.5 Å². The van der Waals surface area contributed by atoms with Gasteiger partial charge in [-0.25, -0.2) is 4.68 Å². The Morgan fingerprint density at radius 3 is 2.68 bits per heavy atom. The number of hydrogen-bond acceptors (Lipinski definition) is 8. The van der Waals surface area contributed by atoms with Crippen molar-refractivity contribution >= 4 is 16.6 Å². The summed E-state index contributed by atoms with van der Waals surface area (Å²) in [5.74, 6) is 1.52. The molecule has 2 aliphatic heterocycles. The molecule has 10 nitrogen and oxygen atoms in total. The quantitative estimate of drug-likeness (QED) is 0.401. The summed E-state index contributed by atoms with van der Waals surface area (Å²) in [5.41, 5.74) is 3.61. The van der Waals surface area contributed by atoms with Crippen molar-refractivity contribution in [1.29, 1.82) is 0 Å². The van der Waals surface area contributed by atoms with Crippen molar-refractivity contribution in [2.45, 2.75) is 38.5 Å². The highest BCUT2D eigenvalue weighted by Gasteiger charge is 2.33. The second-order valence-electron chi connectivity index (χ2n) is 10.1. The molecular weight excluding hydrogens is 482 g/mol. The van der Waals surface area contributed by atoms with Gasteiger partial charge in [0.15, 0.2) is 5.82 Å². The summed E-state index contributed by atoms with van der Waals surface area (Å²) in [4.78, 5) is 21.4. The minimum absolute atomic E-state index is 0.0855. The number of methoxy groups -OCH3 is 1. The van der Waals surface area contributed by atoms with Crippen molar-refractivity contribution in [3.63, 3.8) is 0 Å². The van der Waals surface area contributed by atoms with Gasteiger partial charge in [0, 0.05) is 44.0 Å². The molecule has 2 fully saturated rings. The highest BCUT2D eigenvalue weighted by molar-refractivity contribution is 5.82. The van der Waals surface area contributed by atoms with Crippen molar-refractivity contribution in [2.75, 3.05) is 44.8 Å². The van der Waals surface area contributed by atoms with Gasteiger partial charge in [-0.15, -0.1) is 5.10 Å². The Hall–Kier alpha value is -3.76. The Bertz CT molecular complexity index is 1450. The minimum atomic E-state index is -0.377. The Morgan fingerprint density at radius 1 is 1.13 bits per heavy atom. The number of nitrogens with zero attached hydrogens (tertiary/aromatic N) is 6. The number of aromatic nitrogens is 5. The maximum absolute atomic E-state index is 13.6. The number of anilines is 1. The first-order valence-corrected chi connectivity index (χ1v) is 13.2. The van der Waals surface area contributed by atoms with Crippen molar-refractivity contribution in [2.24, 2.45) is 0 Å². The standard InChI is InChI=1S/C28H33N7O3/c1-19-5-3-6-20-17-24(28(36)29-25(19)20)26(27-30-31-32-35(27)18-23-7-4-16-38-23)34-14-12-33(13-15-34)21-8-10-22(37-2)11-9-21/h3,5-6,8-11,17,23,26H,4,7,12-16,18H2,1-2H3,(H,29,36)/t23-,26+/m0/s1. The second-order valence-corrected chi connectivity index (χ2v) is 10.1. The molecule has 4 heterocycles. The lowest BCUT2D eigenvalue weighted by molar-refractivity contribution is 0.0906. The van der Waals surface area contributed by atoms with E-state index in [1.54, 1.807) is 7.11 Å². The molecule has 38 heavy (non-hydrogen) atoms. The van der Waals surface area contributed by atoms with Crippen LogP contribution in [-0.4, -0.2) is 76.1 Å². The number of rotatable bonds is 7. The fraction of sp³-hybridized carbons (Fsp3) is 0.429. The van der Waals surface area contributed by atoms with Crippen molar-refractivity contribution < 1.29 is 9.47 Å². The fourth-order valence-corrected chi connectivity index (χ4v) is 5.65. The number of nitrogens with one attached hydrogen (secondary N) is 1.